The number of carbonyl (C=O) groups is 1. The second kappa shape index (κ2) is 8.70. The molecule has 0 unspecified atom stereocenters. The Labute approximate surface area is 182 Å². The van der Waals surface area contributed by atoms with Crippen molar-refractivity contribution in [3.8, 4) is 22.6 Å². The van der Waals surface area contributed by atoms with Crippen LogP contribution in [0.15, 0.2) is 69.9 Å². The summed E-state index contributed by atoms with van der Waals surface area (Å²) in [6.45, 7) is 2.00. The maximum Gasteiger partial charge on any atom is 0.437 e. The van der Waals surface area contributed by atoms with Gasteiger partial charge in [-0.15, -0.1) is 5.10 Å². The van der Waals surface area contributed by atoms with Crippen molar-refractivity contribution in [2.24, 2.45) is 7.05 Å². The summed E-state index contributed by atoms with van der Waals surface area (Å²) in [4.78, 5) is 24.1. The molecule has 0 saturated carbocycles. The Kier molecular flexibility index (Phi) is 5.81. The van der Waals surface area contributed by atoms with Gasteiger partial charge in [0.2, 0.25) is 5.89 Å². The normalized spacial score (nSPS) is 11.0. The van der Waals surface area contributed by atoms with Crippen molar-refractivity contribution in [1.29, 1.82) is 0 Å². The fourth-order valence-electron chi connectivity index (χ4n) is 3.73. The van der Waals surface area contributed by atoms with E-state index in [1.54, 1.807) is 12.1 Å². The van der Waals surface area contributed by atoms with E-state index in [4.69, 9.17) is 4.42 Å². The summed E-state index contributed by atoms with van der Waals surface area (Å²) in [5, 5.41) is 4.15. The zero-order chi connectivity index (χ0) is 22.8. The van der Waals surface area contributed by atoms with Gasteiger partial charge in [-0.3, -0.25) is 4.79 Å². The molecular formula is C25H20F2N2O3. The van der Waals surface area contributed by atoms with Crippen LogP contribution < -0.4 is 5.76 Å². The van der Waals surface area contributed by atoms with Gasteiger partial charge in [0.1, 0.15) is 11.6 Å². The monoisotopic (exact) mass is 434 g/mol. The number of carbonyl (C=O) groups excluding carboxylic acids is 1. The Balaban J connectivity index is 1.64. The summed E-state index contributed by atoms with van der Waals surface area (Å²) in [6.07, 6.45) is 0.566. The summed E-state index contributed by atoms with van der Waals surface area (Å²) in [6, 6.07) is 16.3. The van der Waals surface area contributed by atoms with Gasteiger partial charge in [-0.25, -0.2) is 13.6 Å². The number of hydrogen-bond donors (Lipinski definition) is 0. The van der Waals surface area contributed by atoms with E-state index in [0.29, 0.717) is 12.0 Å². The molecule has 32 heavy (non-hydrogen) atoms. The number of rotatable bonds is 6. The highest BCUT2D eigenvalue weighted by Gasteiger charge is 2.18. The van der Waals surface area contributed by atoms with Crippen LogP contribution >= 0.6 is 0 Å². The van der Waals surface area contributed by atoms with Gasteiger partial charge >= 0.3 is 5.76 Å². The molecule has 0 fully saturated rings. The summed E-state index contributed by atoms with van der Waals surface area (Å²) >= 11 is 0. The molecule has 0 atom stereocenters. The molecule has 0 saturated heterocycles. The number of Topliss-reactive ketones (excluding diaryl/α,β-unsaturated/α-hetero) is 1. The number of benzene rings is 3. The van der Waals surface area contributed by atoms with E-state index >= 15 is 0 Å². The molecule has 0 spiro atoms. The molecule has 4 aromatic rings. The average molecular weight is 434 g/mol. The molecule has 3 aromatic carbocycles. The second-order valence-corrected chi connectivity index (χ2v) is 7.38. The third kappa shape index (κ3) is 4.01. The number of ketones is 1. The molecular weight excluding hydrogens is 414 g/mol. The molecule has 0 bridgehead atoms. The van der Waals surface area contributed by atoms with Crippen molar-refractivity contribution in [3.05, 3.63) is 99.5 Å². The lowest BCUT2D eigenvalue weighted by atomic mass is 9.92. The van der Waals surface area contributed by atoms with Crippen LogP contribution in [0.3, 0.4) is 0 Å². The summed E-state index contributed by atoms with van der Waals surface area (Å²) in [5.74, 6) is -2.62. The highest BCUT2D eigenvalue weighted by atomic mass is 19.1. The molecule has 0 N–H and O–H groups in total. The van der Waals surface area contributed by atoms with Crippen molar-refractivity contribution in [3.63, 3.8) is 0 Å². The number of hydrogen-bond acceptors (Lipinski definition) is 4. The smallest absolute Gasteiger partial charge is 0.388 e. The molecule has 5 nitrogen and oxygen atoms in total. The van der Waals surface area contributed by atoms with Gasteiger partial charge < -0.3 is 4.42 Å². The molecule has 0 radical (unpaired) electrons. The molecule has 1 aromatic heterocycles. The Bertz CT molecular complexity index is 1330. The minimum Gasteiger partial charge on any atom is -0.388 e. The van der Waals surface area contributed by atoms with Gasteiger partial charge in [-0.1, -0.05) is 49.4 Å². The lowest BCUT2D eigenvalue weighted by molar-refractivity contribution is 0.0985. The van der Waals surface area contributed by atoms with Crippen LogP contribution in [0.5, 0.6) is 0 Å². The first-order chi connectivity index (χ1) is 15.4. The lowest BCUT2D eigenvalue weighted by Crippen LogP contribution is -2.09. The minimum absolute atomic E-state index is 0.113. The van der Waals surface area contributed by atoms with Crippen LogP contribution in [0, 0.1) is 11.6 Å². The van der Waals surface area contributed by atoms with E-state index in [9.17, 15) is 18.4 Å². The Hall–Kier alpha value is -3.87. The fourth-order valence-corrected chi connectivity index (χ4v) is 3.73. The second-order valence-electron chi connectivity index (χ2n) is 7.38. The SMILES string of the molecule is CCc1c(-c2ccc(CC(=O)c3c(F)cccc3F)cc2)cccc1-c1nn(C)c(=O)o1. The molecule has 4 rings (SSSR count). The first kappa shape index (κ1) is 21.4. The fraction of sp³-hybridized carbons (Fsp3) is 0.160. The molecule has 0 aliphatic carbocycles. The minimum atomic E-state index is -0.864. The maximum atomic E-state index is 13.9. The van der Waals surface area contributed by atoms with Crippen LogP contribution in [-0.2, 0) is 19.9 Å². The molecule has 0 aliphatic rings. The third-order valence-electron chi connectivity index (χ3n) is 5.32. The Morgan fingerprint density at radius 1 is 0.969 bits per heavy atom. The van der Waals surface area contributed by atoms with Gasteiger partial charge in [-0.05, 0) is 46.9 Å². The average Bonchev–Trinajstić information content (AvgIpc) is 3.11. The van der Waals surface area contributed by atoms with Crippen LogP contribution in [-0.4, -0.2) is 15.6 Å². The van der Waals surface area contributed by atoms with Crippen LogP contribution in [0.1, 0.15) is 28.4 Å². The Morgan fingerprint density at radius 2 is 1.59 bits per heavy atom. The van der Waals surface area contributed by atoms with Crippen molar-refractivity contribution >= 4 is 5.78 Å². The van der Waals surface area contributed by atoms with Crippen molar-refractivity contribution in [1.82, 2.24) is 9.78 Å². The van der Waals surface area contributed by atoms with Crippen molar-refractivity contribution < 1.29 is 18.0 Å². The third-order valence-corrected chi connectivity index (χ3v) is 5.32. The molecule has 0 amide bonds. The van der Waals surface area contributed by atoms with Crippen molar-refractivity contribution in [2.45, 2.75) is 19.8 Å². The summed E-state index contributed by atoms with van der Waals surface area (Å²) in [7, 11) is 1.53. The van der Waals surface area contributed by atoms with Crippen LogP contribution in [0.25, 0.3) is 22.6 Å². The van der Waals surface area contributed by atoms with E-state index in [1.165, 1.54) is 13.1 Å². The predicted molar refractivity (Wildman–Crippen MR) is 116 cm³/mol. The summed E-state index contributed by atoms with van der Waals surface area (Å²) < 4.78 is 34.2. The van der Waals surface area contributed by atoms with E-state index in [1.807, 2.05) is 37.3 Å². The molecule has 7 heteroatoms. The number of aromatic nitrogens is 2. The number of nitrogens with zero attached hydrogens (tertiary/aromatic N) is 2. The van der Waals surface area contributed by atoms with Gasteiger partial charge in [0.15, 0.2) is 5.78 Å². The predicted octanol–water partition coefficient (Wildman–Crippen LogP) is 4.97. The molecule has 1 heterocycles. The number of aryl methyl sites for hydroxylation is 1. The van der Waals surface area contributed by atoms with Gasteiger partial charge in [0.05, 0.1) is 5.56 Å². The Morgan fingerprint density at radius 3 is 2.19 bits per heavy atom. The van der Waals surface area contributed by atoms with Gasteiger partial charge in [-0.2, -0.15) is 4.68 Å². The van der Waals surface area contributed by atoms with Crippen molar-refractivity contribution in [2.75, 3.05) is 0 Å². The first-order valence-electron chi connectivity index (χ1n) is 10.1. The zero-order valence-electron chi connectivity index (χ0n) is 17.6. The van der Waals surface area contributed by atoms with Crippen LogP contribution in [0.4, 0.5) is 8.78 Å². The van der Waals surface area contributed by atoms with E-state index in [-0.39, 0.29) is 12.3 Å². The maximum absolute atomic E-state index is 13.9. The topological polar surface area (TPSA) is 65.1 Å². The highest BCUT2D eigenvalue weighted by molar-refractivity contribution is 5.98. The van der Waals surface area contributed by atoms with Gasteiger partial charge in [0, 0.05) is 19.0 Å². The number of halogens is 2. The van der Waals surface area contributed by atoms with Gasteiger partial charge in [0.25, 0.3) is 0 Å². The van der Waals surface area contributed by atoms with E-state index < -0.39 is 28.7 Å². The summed E-state index contributed by atoms with van der Waals surface area (Å²) in [5.41, 5.74) is 3.66. The van der Waals surface area contributed by atoms with E-state index in [2.05, 4.69) is 5.10 Å². The lowest BCUT2D eigenvalue weighted by Gasteiger charge is -2.12. The molecule has 0 aliphatic heterocycles. The molecule has 162 valence electrons. The zero-order valence-corrected chi connectivity index (χ0v) is 17.6. The standard InChI is InChI=1S/C25H20F2N2O3/c1-3-17-18(6-4-7-19(17)24-28-29(2)25(31)32-24)16-12-10-15(11-13-16)14-22(30)23-20(26)8-5-9-21(23)27/h4-13H,3,14H2,1-2H3. The van der Waals surface area contributed by atoms with Crippen LogP contribution in [0.2, 0.25) is 0 Å². The van der Waals surface area contributed by atoms with E-state index in [0.717, 1.165) is 39.1 Å². The largest absolute Gasteiger partial charge is 0.437 e. The quantitative estimate of drug-likeness (QED) is 0.402. The first-order valence-corrected chi connectivity index (χ1v) is 10.1. The highest BCUT2D eigenvalue weighted by Crippen LogP contribution is 2.32.